The van der Waals surface area contributed by atoms with Gasteiger partial charge in [-0.2, -0.15) is 5.10 Å². The quantitative estimate of drug-likeness (QED) is 0.871. The van der Waals surface area contributed by atoms with E-state index in [1.807, 2.05) is 20.8 Å². The predicted octanol–water partition coefficient (Wildman–Crippen LogP) is 2.70. The monoisotopic (exact) mass is 247 g/mol. The third-order valence-corrected chi connectivity index (χ3v) is 2.57. The van der Waals surface area contributed by atoms with Crippen molar-refractivity contribution in [2.75, 3.05) is 6.61 Å². The van der Waals surface area contributed by atoms with Crippen LogP contribution in [0.1, 0.15) is 32.5 Å². The lowest BCUT2D eigenvalue weighted by atomic mass is 10.2. The molecule has 0 aliphatic carbocycles. The Morgan fingerprint density at radius 1 is 1.39 bits per heavy atom. The van der Waals surface area contributed by atoms with Gasteiger partial charge in [-0.25, -0.2) is 4.98 Å². The minimum absolute atomic E-state index is 0.125. The lowest BCUT2D eigenvalue weighted by Crippen LogP contribution is -1.93. The highest BCUT2D eigenvalue weighted by atomic mass is 16.5. The molecule has 0 unspecified atom stereocenters. The molecule has 1 aromatic carbocycles. The number of aromatic amines is 1. The maximum atomic E-state index is 9.63. The lowest BCUT2D eigenvalue weighted by molar-refractivity contribution is 0.318. The van der Waals surface area contributed by atoms with E-state index in [1.54, 1.807) is 18.2 Å². The van der Waals surface area contributed by atoms with Crippen LogP contribution in [0.5, 0.6) is 11.5 Å². The van der Waals surface area contributed by atoms with Crippen LogP contribution in [0.2, 0.25) is 0 Å². The van der Waals surface area contributed by atoms with Crippen molar-refractivity contribution < 1.29 is 9.84 Å². The van der Waals surface area contributed by atoms with Crippen LogP contribution in [0, 0.1) is 0 Å². The third-order valence-electron chi connectivity index (χ3n) is 2.57. The number of phenols is 1. The summed E-state index contributed by atoms with van der Waals surface area (Å²) in [6.45, 7) is 6.47. The molecular weight excluding hydrogens is 230 g/mol. The van der Waals surface area contributed by atoms with E-state index >= 15 is 0 Å². The van der Waals surface area contributed by atoms with E-state index in [4.69, 9.17) is 4.74 Å². The minimum atomic E-state index is 0.125. The topological polar surface area (TPSA) is 71.0 Å². The largest absolute Gasteiger partial charge is 0.504 e. The first kappa shape index (κ1) is 12.4. The average Bonchev–Trinajstić information content (AvgIpc) is 2.82. The molecule has 0 bridgehead atoms. The Morgan fingerprint density at radius 3 is 2.78 bits per heavy atom. The minimum Gasteiger partial charge on any atom is -0.504 e. The molecule has 5 nitrogen and oxygen atoms in total. The molecule has 0 amide bonds. The average molecular weight is 247 g/mol. The van der Waals surface area contributed by atoms with Crippen LogP contribution in [-0.4, -0.2) is 26.9 Å². The van der Waals surface area contributed by atoms with Gasteiger partial charge in [-0.1, -0.05) is 13.8 Å². The highest BCUT2D eigenvalue weighted by Crippen LogP contribution is 2.30. The van der Waals surface area contributed by atoms with Crippen LogP contribution in [0.3, 0.4) is 0 Å². The fraction of sp³-hybridized carbons (Fsp3) is 0.385. The summed E-state index contributed by atoms with van der Waals surface area (Å²) in [5.41, 5.74) is 0.819. The molecule has 1 heterocycles. The van der Waals surface area contributed by atoms with Crippen molar-refractivity contribution in [2.24, 2.45) is 0 Å². The molecule has 0 saturated carbocycles. The van der Waals surface area contributed by atoms with Crippen molar-refractivity contribution in [3.63, 3.8) is 0 Å². The Kier molecular flexibility index (Phi) is 3.50. The van der Waals surface area contributed by atoms with Gasteiger partial charge >= 0.3 is 0 Å². The summed E-state index contributed by atoms with van der Waals surface area (Å²) in [5.74, 6) is 2.33. The lowest BCUT2D eigenvalue weighted by Gasteiger charge is -2.06. The van der Waals surface area contributed by atoms with Crippen LogP contribution in [-0.2, 0) is 0 Å². The van der Waals surface area contributed by atoms with Gasteiger partial charge in [0.25, 0.3) is 0 Å². The van der Waals surface area contributed by atoms with Gasteiger partial charge in [0.05, 0.1) is 6.61 Å². The first-order chi connectivity index (χ1) is 8.61. The Bertz CT molecular complexity index is 535. The maximum Gasteiger partial charge on any atom is 0.181 e. The van der Waals surface area contributed by atoms with Crippen molar-refractivity contribution in [1.29, 1.82) is 0 Å². The van der Waals surface area contributed by atoms with Crippen molar-refractivity contribution in [1.82, 2.24) is 15.2 Å². The number of benzene rings is 1. The highest BCUT2D eigenvalue weighted by Gasteiger charge is 2.11. The molecule has 0 saturated heterocycles. The molecule has 0 aliphatic heterocycles. The fourth-order valence-corrected chi connectivity index (χ4v) is 1.59. The van der Waals surface area contributed by atoms with Gasteiger partial charge in [0.2, 0.25) is 0 Å². The summed E-state index contributed by atoms with van der Waals surface area (Å²) in [4.78, 5) is 4.41. The number of H-pyrrole nitrogens is 1. The summed E-state index contributed by atoms with van der Waals surface area (Å²) < 4.78 is 5.34. The molecule has 96 valence electrons. The molecule has 1 aromatic heterocycles. The number of nitrogens with one attached hydrogen (secondary N) is 1. The zero-order valence-electron chi connectivity index (χ0n) is 10.8. The first-order valence-corrected chi connectivity index (χ1v) is 6.00. The van der Waals surface area contributed by atoms with Crippen molar-refractivity contribution in [3.8, 4) is 22.9 Å². The standard InChI is InChI=1S/C13H17N3O2/c1-4-18-11-7-9(5-6-10(11)17)13-14-12(8(2)3)15-16-13/h5-8,17H,4H2,1-3H3,(H,14,15,16). The molecule has 5 heteroatoms. The van der Waals surface area contributed by atoms with Gasteiger partial charge in [0.1, 0.15) is 5.82 Å². The molecule has 18 heavy (non-hydrogen) atoms. The van der Waals surface area contributed by atoms with Crippen molar-refractivity contribution in [2.45, 2.75) is 26.7 Å². The second-order valence-electron chi connectivity index (χ2n) is 4.31. The van der Waals surface area contributed by atoms with Crippen molar-refractivity contribution >= 4 is 0 Å². The van der Waals surface area contributed by atoms with Gasteiger partial charge in [0, 0.05) is 11.5 Å². The Balaban J connectivity index is 2.34. The Morgan fingerprint density at radius 2 is 2.17 bits per heavy atom. The molecule has 0 atom stereocenters. The first-order valence-electron chi connectivity index (χ1n) is 6.00. The number of aromatic hydroxyl groups is 1. The molecule has 2 N–H and O–H groups in total. The number of rotatable bonds is 4. The van der Waals surface area contributed by atoms with Gasteiger partial charge in [-0.05, 0) is 25.1 Å². The van der Waals surface area contributed by atoms with Crippen LogP contribution >= 0.6 is 0 Å². The van der Waals surface area contributed by atoms with Gasteiger partial charge in [-0.3, -0.25) is 5.10 Å². The molecule has 0 radical (unpaired) electrons. The number of hydrogen-bond donors (Lipinski definition) is 2. The van der Waals surface area contributed by atoms with Gasteiger partial charge in [0.15, 0.2) is 17.3 Å². The number of aromatic nitrogens is 3. The van der Waals surface area contributed by atoms with E-state index in [0.717, 1.165) is 11.4 Å². The van der Waals surface area contributed by atoms with E-state index < -0.39 is 0 Å². The smallest absolute Gasteiger partial charge is 0.181 e. The van der Waals surface area contributed by atoms with Crippen molar-refractivity contribution in [3.05, 3.63) is 24.0 Å². The van der Waals surface area contributed by atoms with E-state index in [9.17, 15) is 5.11 Å². The van der Waals surface area contributed by atoms with Gasteiger partial charge in [-0.15, -0.1) is 0 Å². The summed E-state index contributed by atoms with van der Waals surface area (Å²) in [6.07, 6.45) is 0. The fourth-order valence-electron chi connectivity index (χ4n) is 1.59. The molecule has 2 rings (SSSR count). The van der Waals surface area contributed by atoms with Crippen LogP contribution in [0.25, 0.3) is 11.4 Å². The molecular formula is C13H17N3O2. The van der Waals surface area contributed by atoms with E-state index in [-0.39, 0.29) is 5.75 Å². The zero-order chi connectivity index (χ0) is 13.1. The number of phenolic OH excluding ortho intramolecular Hbond substituents is 1. The van der Waals surface area contributed by atoms with E-state index in [0.29, 0.717) is 24.1 Å². The van der Waals surface area contributed by atoms with Crippen LogP contribution in [0.15, 0.2) is 18.2 Å². The number of ether oxygens (including phenoxy) is 1. The summed E-state index contributed by atoms with van der Waals surface area (Å²) in [6, 6.07) is 5.10. The molecule has 0 spiro atoms. The Hall–Kier alpha value is -2.04. The molecule has 0 fully saturated rings. The normalized spacial score (nSPS) is 10.9. The second-order valence-corrected chi connectivity index (χ2v) is 4.31. The predicted molar refractivity (Wildman–Crippen MR) is 68.7 cm³/mol. The van der Waals surface area contributed by atoms with E-state index in [1.165, 1.54) is 0 Å². The van der Waals surface area contributed by atoms with Gasteiger partial charge < -0.3 is 9.84 Å². The zero-order valence-corrected chi connectivity index (χ0v) is 10.8. The van der Waals surface area contributed by atoms with Crippen LogP contribution in [0.4, 0.5) is 0 Å². The summed E-state index contributed by atoms with van der Waals surface area (Å²) in [7, 11) is 0. The number of nitrogens with zero attached hydrogens (tertiary/aromatic N) is 2. The Labute approximate surface area is 106 Å². The van der Waals surface area contributed by atoms with Crippen LogP contribution < -0.4 is 4.74 Å². The van der Waals surface area contributed by atoms with E-state index in [2.05, 4.69) is 15.2 Å². The highest BCUT2D eigenvalue weighted by molar-refractivity contribution is 5.60. The second kappa shape index (κ2) is 5.08. The molecule has 2 aromatic rings. The molecule has 0 aliphatic rings. The SMILES string of the molecule is CCOc1cc(-c2n[nH]c(C(C)C)n2)ccc1O. The summed E-state index contributed by atoms with van der Waals surface area (Å²) in [5, 5.41) is 16.7. The third kappa shape index (κ3) is 2.45. The maximum absolute atomic E-state index is 9.63. The number of hydrogen-bond acceptors (Lipinski definition) is 4. The summed E-state index contributed by atoms with van der Waals surface area (Å²) >= 11 is 0.